The summed E-state index contributed by atoms with van der Waals surface area (Å²) in [5.41, 5.74) is 1.79. The van der Waals surface area contributed by atoms with Gasteiger partial charge in [0.15, 0.2) is 6.61 Å². The van der Waals surface area contributed by atoms with Crippen LogP contribution in [0.1, 0.15) is 17.5 Å². The Bertz CT molecular complexity index is 841. The Hall–Kier alpha value is -3.33. The van der Waals surface area contributed by atoms with Gasteiger partial charge in [-0.3, -0.25) is 9.59 Å². The molecule has 0 radical (unpaired) electrons. The number of nitrogens with zero attached hydrogens (tertiary/aromatic N) is 2. The molecule has 1 aliphatic rings. The van der Waals surface area contributed by atoms with Crippen molar-refractivity contribution in [3.63, 3.8) is 0 Å². The fourth-order valence-electron chi connectivity index (χ4n) is 2.59. The first-order chi connectivity index (χ1) is 12.2. The predicted octanol–water partition coefficient (Wildman–Crippen LogP) is 2.42. The van der Waals surface area contributed by atoms with E-state index >= 15 is 0 Å². The average molecular weight is 336 g/mol. The Labute approximate surface area is 145 Å². The van der Waals surface area contributed by atoms with E-state index in [0.717, 1.165) is 0 Å². The molecule has 0 unspecified atom stereocenters. The number of hydrogen-bond donors (Lipinski definition) is 0. The highest BCUT2D eigenvalue weighted by atomic mass is 16.5. The first kappa shape index (κ1) is 16.5. The molecule has 2 aromatic carbocycles. The zero-order valence-corrected chi connectivity index (χ0v) is 13.5. The van der Waals surface area contributed by atoms with Gasteiger partial charge in [-0.15, -0.1) is 0 Å². The lowest BCUT2D eigenvalue weighted by Gasteiger charge is -2.28. The van der Waals surface area contributed by atoms with Crippen LogP contribution in [-0.2, 0) is 20.9 Å². The smallest absolute Gasteiger partial charge is 0.307 e. The fraction of sp³-hybridized carbons (Fsp3) is 0.211. The van der Waals surface area contributed by atoms with Crippen molar-refractivity contribution in [1.82, 2.24) is 0 Å². The maximum absolute atomic E-state index is 12.0. The Morgan fingerprint density at radius 1 is 1.20 bits per heavy atom. The number of benzene rings is 2. The molecule has 126 valence electrons. The van der Waals surface area contributed by atoms with Gasteiger partial charge in [0.25, 0.3) is 5.91 Å². The quantitative estimate of drug-likeness (QED) is 0.784. The second-order valence-electron chi connectivity index (χ2n) is 5.48. The van der Waals surface area contributed by atoms with Gasteiger partial charge in [0, 0.05) is 12.1 Å². The van der Waals surface area contributed by atoms with Crippen LogP contribution in [0, 0.1) is 11.3 Å². The topological polar surface area (TPSA) is 79.6 Å². The molecule has 1 heterocycles. The van der Waals surface area contributed by atoms with Crippen LogP contribution < -0.4 is 9.64 Å². The second-order valence-corrected chi connectivity index (χ2v) is 5.48. The molecule has 0 saturated heterocycles. The lowest BCUT2D eigenvalue weighted by Crippen LogP contribution is -2.40. The minimum Gasteiger partial charge on any atom is -0.482 e. The largest absolute Gasteiger partial charge is 0.482 e. The normalized spacial score (nSPS) is 12.8. The molecule has 6 nitrogen and oxygen atoms in total. The van der Waals surface area contributed by atoms with Crippen LogP contribution in [0.25, 0.3) is 0 Å². The lowest BCUT2D eigenvalue weighted by molar-refractivity contribution is -0.144. The highest BCUT2D eigenvalue weighted by Gasteiger charge is 2.25. The van der Waals surface area contributed by atoms with E-state index in [9.17, 15) is 9.59 Å². The SMILES string of the molecule is N#Cc1ccccc1COC(=O)CCN1C(=O)COc2ccccc21. The summed E-state index contributed by atoms with van der Waals surface area (Å²) in [5.74, 6) is 0.00394. The molecule has 6 heteroatoms. The summed E-state index contributed by atoms with van der Waals surface area (Å²) in [6.07, 6.45) is 0.0643. The van der Waals surface area contributed by atoms with E-state index in [2.05, 4.69) is 6.07 Å². The molecular weight excluding hydrogens is 320 g/mol. The summed E-state index contributed by atoms with van der Waals surface area (Å²) in [6.45, 7) is 0.218. The molecule has 25 heavy (non-hydrogen) atoms. The molecule has 0 N–H and O–H groups in total. The third-order valence-corrected chi connectivity index (χ3v) is 3.87. The highest BCUT2D eigenvalue weighted by molar-refractivity contribution is 5.98. The van der Waals surface area contributed by atoms with E-state index in [1.807, 2.05) is 12.1 Å². The number of rotatable bonds is 5. The number of ether oxygens (including phenoxy) is 2. The zero-order valence-electron chi connectivity index (χ0n) is 13.5. The van der Waals surface area contributed by atoms with Crippen LogP contribution in [0.4, 0.5) is 5.69 Å². The minimum atomic E-state index is -0.426. The van der Waals surface area contributed by atoms with E-state index in [-0.39, 0.29) is 32.1 Å². The van der Waals surface area contributed by atoms with Crippen LogP contribution in [0.5, 0.6) is 5.75 Å². The van der Waals surface area contributed by atoms with E-state index in [4.69, 9.17) is 14.7 Å². The van der Waals surface area contributed by atoms with Crippen molar-refractivity contribution in [3.8, 4) is 11.8 Å². The number of anilines is 1. The Balaban J connectivity index is 1.58. The molecule has 0 aromatic heterocycles. The molecule has 0 atom stereocenters. The molecule has 3 rings (SSSR count). The first-order valence-electron chi connectivity index (χ1n) is 7.85. The van der Waals surface area contributed by atoms with Gasteiger partial charge in [-0.2, -0.15) is 5.26 Å². The Morgan fingerprint density at radius 3 is 2.80 bits per heavy atom. The lowest BCUT2D eigenvalue weighted by atomic mass is 10.1. The van der Waals surface area contributed by atoms with E-state index in [0.29, 0.717) is 22.6 Å². The number of fused-ring (bicyclic) bond motifs is 1. The molecule has 0 fully saturated rings. The first-order valence-corrected chi connectivity index (χ1v) is 7.85. The van der Waals surface area contributed by atoms with Gasteiger partial charge in [-0.25, -0.2) is 0 Å². The summed E-state index contributed by atoms with van der Waals surface area (Å²) >= 11 is 0. The summed E-state index contributed by atoms with van der Waals surface area (Å²) in [6, 6.07) is 16.2. The monoisotopic (exact) mass is 336 g/mol. The summed E-state index contributed by atoms with van der Waals surface area (Å²) in [4.78, 5) is 25.6. The molecule has 2 aromatic rings. The number of nitriles is 1. The van der Waals surface area contributed by atoms with Gasteiger partial charge in [-0.1, -0.05) is 30.3 Å². The van der Waals surface area contributed by atoms with E-state index in [1.165, 1.54) is 4.90 Å². The standard InChI is InChI=1S/C19H16N2O4/c20-11-14-5-1-2-6-15(14)12-25-19(23)9-10-21-16-7-3-4-8-17(16)24-13-18(21)22/h1-8H,9-10,12-13H2. The van der Waals surface area contributed by atoms with Crippen molar-refractivity contribution in [2.75, 3.05) is 18.1 Å². The summed E-state index contributed by atoms with van der Waals surface area (Å²) in [5, 5.41) is 9.03. The van der Waals surface area contributed by atoms with Gasteiger partial charge >= 0.3 is 5.97 Å². The molecule has 1 amide bonds. The van der Waals surface area contributed by atoms with Crippen LogP contribution in [0.15, 0.2) is 48.5 Å². The maximum Gasteiger partial charge on any atom is 0.307 e. The van der Waals surface area contributed by atoms with Gasteiger partial charge in [-0.05, 0) is 18.2 Å². The Morgan fingerprint density at radius 2 is 1.96 bits per heavy atom. The van der Waals surface area contributed by atoms with Crippen LogP contribution >= 0.6 is 0 Å². The fourth-order valence-corrected chi connectivity index (χ4v) is 2.59. The molecular formula is C19H16N2O4. The van der Waals surface area contributed by atoms with Gasteiger partial charge < -0.3 is 14.4 Å². The average Bonchev–Trinajstić information content (AvgIpc) is 2.65. The van der Waals surface area contributed by atoms with Crippen molar-refractivity contribution in [2.24, 2.45) is 0 Å². The number of esters is 1. The number of amides is 1. The van der Waals surface area contributed by atoms with E-state index in [1.54, 1.807) is 36.4 Å². The van der Waals surface area contributed by atoms with E-state index < -0.39 is 5.97 Å². The molecule has 0 bridgehead atoms. The third-order valence-electron chi connectivity index (χ3n) is 3.87. The van der Waals surface area contributed by atoms with Crippen molar-refractivity contribution >= 4 is 17.6 Å². The number of carbonyl (C=O) groups is 2. The molecule has 0 aliphatic carbocycles. The minimum absolute atomic E-state index is 0.0379. The third kappa shape index (κ3) is 3.78. The number of hydrogen-bond acceptors (Lipinski definition) is 5. The maximum atomic E-state index is 12.0. The van der Waals surface area contributed by atoms with Crippen LogP contribution in [-0.4, -0.2) is 25.0 Å². The highest BCUT2D eigenvalue weighted by Crippen LogP contribution is 2.31. The molecule has 0 spiro atoms. The van der Waals surface area contributed by atoms with Crippen molar-refractivity contribution in [3.05, 3.63) is 59.7 Å². The predicted molar refractivity (Wildman–Crippen MR) is 89.9 cm³/mol. The second kappa shape index (κ2) is 7.49. The molecule has 1 aliphatic heterocycles. The van der Waals surface area contributed by atoms with Crippen molar-refractivity contribution in [1.29, 1.82) is 5.26 Å². The number of para-hydroxylation sites is 2. The van der Waals surface area contributed by atoms with Crippen molar-refractivity contribution < 1.29 is 19.1 Å². The molecule has 0 saturated carbocycles. The van der Waals surface area contributed by atoms with Gasteiger partial charge in [0.1, 0.15) is 12.4 Å². The van der Waals surface area contributed by atoms with Gasteiger partial charge in [0.05, 0.1) is 23.7 Å². The summed E-state index contributed by atoms with van der Waals surface area (Å²) in [7, 11) is 0. The van der Waals surface area contributed by atoms with Crippen molar-refractivity contribution in [2.45, 2.75) is 13.0 Å². The zero-order chi connectivity index (χ0) is 17.6. The Kier molecular flexibility index (Phi) is 4.95. The van der Waals surface area contributed by atoms with Crippen LogP contribution in [0.3, 0.4) is 0 Å². The van der Waals surface area contributed by atoms with Crippen LogP contribution in [0.2, 0.25) is 0 Å². The summed E-state index contributed by atoms with van der Waals surface area (Å²) < 4.78 is 10.6. The van der Waals surface area contributed by atoms with Gasteiger partial charge in [0.2, 0.25) is 0 Å². The number of carbonyl (C=O) groups excluding carboxylic acids is 2.